The molecule has 0 heterocycles. The van der Waals surface area contributed by atoms with Gasteiger partial charge in [-0.2, -0.15) is 0 Å². The van der Waals surface area contributed by atoms with Crippen LogP contribution >= 0.6 is 0 Å². The van der Waals surface area contributed by atoms with Crippen molar-refractivity contribution in [3.63, 3.8) is 0 Å². The van der Waals surface area contributed by atoms with E-state index in [1.54, 1.807) is 6.08 Å². The second kappa shape index (κ2) is 2.72. The summed E-state index contributed by atoms with van der Waals surface area (Å²) < 4.78 is 0.278. The standard InChI is InChI=1S/C3H6N.Sn.H/c1-2-3-4;;/h2-3H,1,4H2;;. The third-order valence-corrected chi connectivity index (χ3v) is 1.05. The molecule has 0 aliphatic heterocycles. The summed E-state index contributed by atoms with van der Waals surface area (Å²) in [6, 6.07) is 0. The van der Waals surface area contributed by atoms with Gasteiger partial charge in [0.15, 0.2) is 0 Å². The zero-order chi connectivity index (χ0) is 4.28. The summed E-state index contributed by atoms with van der Waals surface area (Å²) in [6.45, 7) is 3.47. The summed E-state index contributed by atoms with van der Waals surface area (Å²) in [5, 5.41) is 0. The second-order valence-corrected chi connectivity index (χ2v) is 3.01. The Labute approximate surface area is 45.3 Å². The van der Waals surface area contributed by atoms with E-state index < -0.39 is 0 Å². The van der Waals surface area contributed by atoms with Gasteiger partial charge in [0.2, 0.25) is 0 Å². The molecular formula is C3H7NSn. The Hall–Kier alpha value is 0.499. The van der Waals surface area contributed by atoms with Crippen LogP contribution in [0.25, 0.3) is 0 Å². The van der Waals surface area contributed by atoms with Gasteiger partial charge in [0.05, 0.1) is 0 Å². The maximum absolute atomic E-state index is 5.23. The molecule has 1 nitrogen and oxygen atoms in total. The average molecular weight is 176 g/mol. The fraction of sp³-hybridized carbons (Fsp3) is 0.333. The molecule has 5 heavy (non-hydrogen) atoms. The molecule has 0 aliphatic rings. The van der Waals surface area contributed by atoms with E-state index in [1.165, 1.54) is 0 Å². The zero-order valence-corrected chi connectivity index (χ0v) is 6.31. The van der Waals surface area contributed by atoms with E-state index in [4.69, 9.17) is 5.73 Å². The van der Waals surface area contributed by atoms with E-state index in [0.717, 1.165) is 22.5 Å². The Morgan fingerprint density at radius 2 is 2.20 bits per heavy atom. The van der Waals surface area contributed by atoms with Crippen LogP contribution in [0, 0.1) is 0 Å². The van der Waals surface area contributed by atoms with Gasteiger partial charge in [0.25, 0.3) is 0 Å². The van der Waals surface area contributed by atoms with Crippen molar-refractivity contribution in [2.24, 2.45) is 5.73 Å². The molecule has 0 spiro atoms. The van der Waals surface area contributed by atoms with Crippen LogP contribution in [0.2, 0.25) is 0 Å². The van der Waals surface area contributed by atoms with Crippen LogP contribution in [0.4, 0.5) is 0 Å². The first-order valence-electron chi connectivity index (χ1n) is 1.41. The van der Waals surface area contributed by atoms with E-state index in [-0.39, 0.29) is 4.06 Å². The van der Waals surface area contributed by atoms with Gasteiger partial charge in [-0.25, -0.2) is 0 Å². The molecule has 0 amide bonds. The second-order valence-electron chi connectivity index (χ2n) is 0.813. The fourth-order valence-electron chi connectivity index (χ4n) is 0. The normalized spacial score (nSPS) is 14.0. The van der Waals surface area contributed by atoms with Gasteiger partial charge in [-0.05, 0) is 0 Å². The average Bonchev–Trinajstić information content (AvgIpc) is 1.38. The fourth-order valence-corrected chi connectivity index (χ4v) is 0. The Balaban J connectivity index is 2.83. The van der Waals surface area contributed by atoms with Crippen molar-refractivity contribution < 1.29 is 0 Å². The predicted octanol–water partition coefficient (Wildman–Crippen LogP) is -0.642. The number of nitrogens with two attached hydrogens (primary N) is 1. The first-order valence-corrected chi connectivity index (χ1v) is 3.31. The van der Waals surface area contributed by atoms with Crippen LogP contribution in [0.15, 0.2) is 12.7 Å². The van der Waals surface area contributed by atoms with Gasteiger partial charge in [0.1, 0.15) is 0 Å². The summed E-state index contributed by atoms with van der Waals surface area (Å²) >= 11 is 1.08. The van der Waals surface area contributed by atoms with Crippen LogP contribution in [0.1, 0.15) is 0 Å². The minimum absolute atomic E-state index is 0.278. The third kappa shape index (κ3) is 4.50. The number of hydrogen-bond donors (Lipinski definition) is 1. The van der Waals surface area contributed by atoms with Gasteiger partial charge in [-0.1, -0.05) is 0 Å². The molecule has 0 aromatic rings. The molecule has 1 atom stereocenters. The van der Waals surface area contributed by atoms with Crippen LogP contribution < -0.4 is 5.73 Å². The molecule has 0 aromatic carbocycles. The summed E-state index contributed by atoms with van der Waals surface area (Å²) in [6.07, 6.45) is 1.75. The summed E-state index contributed by atoms with van der Waals surface area (Å²) in [5.74, 6) is 0. The number of rotatable bonds is 1. The molecule has 1 unspecified atom stereocenters. The summed E-state index contributed by atoms with van der Waals surface area (Å²) in [7, 11) is 0. The van der Waals surface area contributed by atoms with Crippen LogP contribution in [0.3, 0.4) is 0 Å². The molecule has 28 valence electrons. The summed E-state index contributed by atoms with van der Waals surface area (Å²) in [4.78, 5) is 0. The predicted molar refractivity (Wildman–Crippen MR) is 25.3 cm³/mol. The van der Waals surface area contributed by atoms with Gasteiger partial charge in [0, 0.05) is 0 Å². The Bertz CT molecular complexity index is 33.9. The van der Waals surface area contributed by atoms with Crippen LogP contribution in [-0.2, 0) is 0 Å². The van der Waals surface area contributed by atoms with Crippen LogP contribution in [-0.4, -0.2) is 26.6 Å². The zero-order valence-electron chi connectivity index (χ0n) is 3.02. The van der Waals surface area contributed by atoms with Crippen molar-refractivity contribution >= 4 is 22.5 Å². The van der Waals surface area contributed by atoms with Crippen molar-refractivity contribution in [1.82, 2.24) is 0 Å². The van der Waals surface area contributed by atoms with E-state index >= 15 is 0 Å². The van der Waals surface area contributed by atoms with Gasteiger partial charge >= 0.3 is 45.0 Å². The first-order chi connectivity index (χ1) is 2.27. The SMILES string of the molecule is C=C[CH](N)[SnH]. The molecule has 0 rings (SSSR count). The van der Waals surface area contributed by atoms with Crippen molar-refractivity contribution in [1.29, 1.82) is 0 Å². The topological polar surface area (TPSA) is 26.0 Å². The molecule has 2 N–H and O–H groups in total. The van der Waals surface area contributed by atoms with Crippen molar-refractivity contribution in [3.8, 4) is 0 Å². The quantitative estimate of drug-likeness (QED) is 0.417. The van der Waals surface area contributed by atoms with Gasteiger partial charge < -0.3 is 0 Å². The summed E-state index contributed by atoms with van der Waals surface area (Å²) in [5.41, 5.74) is 5.23. The van der Waals surface area contributed by atoms with E-state index in [9.17, 15) is 0 Å². The molecule has 2 heteroatoms. The van der Waals surface area contributed by atoms with E-state index in [2.05, 4.69) is 6.58 Å². The molecule has 0 aliphatic carbocycles. The molecule has 0 bridgehead atoms. The van der Waals surface area contributed by atoms with Crippen LogP contribution in [0.5, 0.6) is 0 Å². The molecular weight excluding hydrogens is 169 g/mol. The minimum atomic E-state index is 0.278. The Morgan fingerprint density at radius 1 is 2.00 bits per heavy atom. The monoisotopic (exact) mass is 177 g/mol. The number of hydrogen-bond acceptors (Lipinski definition) is 1. The maximum atomic E-state index is 5.23. The Kier molecular flexibility index (Phi) is 2.99. The van der Waals surface area contributed by atoms with E-state index in [0.29, 0.717) is 0 Å². The van der Waals surface area contributed by atoms with Crippen molar-refractivity contribution in [2.45, 2.75) is 4.06 Å². The van der Waals surface area contributed by atoms with Gasteiger partial charge in [-0.3, -0.25) is 0 Å². The van der Waals surface area contributed by atoms with Gasteiger partial charge in [-0.15, -0.1) is 0 Å². The molecule has 0 saturated heterocycles. The molecule has 0 aromatic heterocycles. The molecule has 0 fully saturated rings. The van der Waals surface area contributed by atoms with E-state index in [1.807, 2.05) is 0 Å². The third-order valence-electron chi connectivity index (χ3n) is 0.272. The van der Waals surface area contributed by atoms with Crippen molar-refractivity contribution in [2.75, 3.05) is 0 Å². The molecule has 2 radical (unpaired) electrons. The van der Waals surface area contributed by atoms with Crippen molar-refractivity contribution in [3.05, 3.63) is 12.7 Å². The first kappa shape index (κ1) is 5.50. The Morgan fingerprint density at radius 3 is 2.20 bits per heavy atom. The molecule has 0 saturated carbocycles.